The Balaban J connectivity index is 2.02. The number of sulfonamides is 1. The first-order valence-corrected chi connectivity index (χ1v) is 7.98. The van der Waals surface area contributed by atoms with Crippen LogP contribution in [0.25, 0.3) is 10.9 Å². The lowest BCUT2D eigenvalue weighted by Gasteiger charge is -2.25. The molecule has 5 nitrogen and oxygen atoms in total. The molecule has 1 aromatic carbocycles. The molecule has 0 amide bonds. The van der Waals surface area contributed by atoms with Crippen LogP contribution in [-0.4, -0.2) is 36.0 Å². The van der Waals surface area contributed by atoms with Crippen LogP contribution in [0.15, 0.2) is 23.1 Å². The maximum atomic E-state index is 12.5. The summed E-state index contributed by atoms with van der Waals surface area (Å²) >= 11 is 0. The monoisotopic (exact) mass is 279 g/mol. The largest absolute Gasteiger partial charge is 0.282 e. The molecule has 0 unspecified atom stereocenters. The lowest BCUT2D eigenvalue weighted by atomic mass is 10.2. The molecular weight excluding hydrogens is 262 g/mol. The second-order valence-corrected chi connectivity index (χ2v) is 6.93. The van der Waals surface area contributed by atoms with E-state index in [1.54, 1.807) is 16.4 Å². The van der Waals surface area contributed by atoms with Crippen LogP contribution >= 0.6 is 0 Å². The van der Waals surface area contributed by atoms with Gasteiger partial charge in [0.15, 0.2) is 0 Å². The molecule has 0 aliphatic carbocycles. The van der Waals surface area contributed by atoms with Gasteiger partial charge in [-0.05, 0) is 38.0 Å². The zero-order valence-electron chi connectivity index (χ0n) is 10.9. The summed E-state index contributed by atoms with van der Waals surface area (Å²) in [5.41, 5.74) is 1.66. The van der Waals surface area contributed by atoms with Crippen LogP contribution in [0.3, 0.4) is 0 Å². The van der Waals surface area contributed by atoms with Crippen LogP contribution in [0.4, 0.5) is 0 Å². The SMILES string of the molecule is Cc1[nH]nc2cc(S(=O)(=O)N3CCCCC3)ccc12. The molecule has 2 aromatic rings. The molecule has 1 aliphatic heterocycles. The number of piperidine rings is 1. The standard InChI is InChI=1S/C13H17N3O2S/c1-10-12-6-5-11(9-13(12)15-14-10)19(17,18)16-7-3-2-4-8-16/h5-6,9H,2-4,7-8H2,1H3,(H,14,15). The second kappa shape index (κ2) is 4.61. The van der Waals surface area contributed by atoms with Gasteiger partial charge in [0.2, 0.25) is 10.0 Å². The molecular formula is C13H17N3O2S. The Kier molecular flexibility index (Phi) is 3.06. The van der Waals surface area contributed by atoms with E-state index in [-0.39, 0.29) is 0 Å². The second-order valence-electron chi connectivity index (χ2n) is 4.99. The van der Waals surface area contributed by atoms with Crippen LogP contribution in [0.5, 0.6) is 0 Å². The number of H-pyrrole nitrogens is 1. The Morgan fingerprint density at radius 2 is 1.95 bits per heavy atom. The first kappa shape index (κ1) is 12.6. The maximum absolute atomic E-state index is 12.5. The van der Waals surface area contributed by atoms with Crippen LogP contribution < -0.4 is 0 Å². The minimum atomic E-state index is -3.36. The van der Waals surface area contributed by atoms with Gasteiger partial charge in [0.25, 0.3) is 0 Å². The van der Waals surface area contributed by atoms with Crippen LogP contribution in [0.2, 0.25) is 0 Å². The van der Waals surface area contributed by atoms with Crippen LogP contribution in [0.1, 0.15) is 25.0 Å². The minimum Gasteiger partial charge on any atom is -0.282 e. The van der Waals surface area contributed by atoms with Crippen molar-refractivity contribution in [3.63, 3.8) is 0 Å². The Morgan fingerprint density at radius 1 is 1.21 bits per heavy atom. The molecule has 1 N–H and O–H groups in total. The zero-order valence-corrected chi connectivity index (χ0v) is 11.7. The predicted molar refractivity (Wildman–Crippen MR) is 73.4 cm³/mol. The van der Waals surface area contributed by atoms with Gasteiger partial charge in [0, 0.05) is 24.2 Å². The molecule has 0 radical (unpaired) electrons. The lowest BCUT2D eigenvalue weighted by Crippen LogP contribution is -2.35. The molecule has 2 heterocycles. The van der Waals surface area contributed by atoms with Gasteiger partial charge in [-0.25, -0.2) is 8.42 Å². The number of aromatic nitrogens is 2. The third kappa shape index (κ3) is 2.15. The quantitative estimate of drug-likeness (QED) is 0.915. The Bertz CT molecular complexity index is 700. The number of nitrogens with one attached hydrogen (secondary N) is 1. The molecule has 0 bridgehead atoms. The van der Waals surface area contributed by atoms with Gasteiger partial charge >= 0.3 is 0 Å². The normalized spacial score (nSPS) is 17.9. The highest BCUT2D eigenvalue weighted by Gasteiger charge is 2.26. The smallest absolute Gasteiger partial charge is 0.243 e. The van der Waals surface area contributed by atoms with E-state index in [0.717, 1.165) is 30.3 Å². The number of hydrogen-bond donors (Lipinski definition) is 1. The molecule has 102 valence electrons. The van der Waals surface area contributed by atoms with Crippen molar-refractivity contribution < 1.29 is 8.42 Å². The molecule has 1 aromatic heterocycles. The number of aromatic amines is 1. The third-order valence-corrected chi connectivity index (χ3v) is 5.56. The van der Waals surface area contributed by atoms with Crippen molar-refractivity contribution in [2.24, 2.45) is 0 Å². The number of rotatable bonds is 2. The van der Waals surface area contributed by atoms with Crippen molar-refractivity contribution in [1.29, 1.82) is 0 Å². The van der Waals surface area contributed by atoms with E-state index in [0.29, 0.717) is 23.5 Å². The fourth-order valence-electron chi connectivity index (χ4n) is 2.54. The fourth-order valence-corrected chi connectivity index (χ4v) is 4.08. The number of benzene rings is 1. The topological polar surface area (TPSA) is 66.1 Å². The van der Waals surface area contributed by atoms with Gasteiger partial charge in [-0.2, -0.15) is 9.40 Å². The highest BCUT2D eigenvalue weighted by molar-refractivity contribution is 7.89. The lowest BCUT2D eigenvalue weighted by molar-refractivity contribution is 0.346. The number of hydrogen-bond acceptors (Lipinski definition) is 3. The first-order chi connectivity index (χ1) is 9.09. The van der Waals surface area contributed by atoms with Crippen LogP contribution in [0, 0.1) is 6.92 Å². The summed E-state index contributed by atoms with van der Waals surface area (Å²) in [5, 5.41) is 7.98. The summed E-state index contributed by atoms with van der Waals surface area (Å²) in [5.74, 6) is 0. The molecule has 0 atom stereocenters. The first-order valence-electron chi connectivity index (χ1n) is 6.54. The van der Waals surface area contributed by atoms with Crippen molar-refractivity contribution in [1.82, 2.24) is 14.5 Å². The van der Waals surface area contributed by atoms with E-state index in [2.05, 4.69) is 10.2 Å². The molecule has 1 fully saturated rings. The summed E-state index contributed by atoms with van der Waals surface area (Å²) in [7, 11) is -3.36. The van der Waals surface area contributed by atoms with E-state index in [9.17, 15) is 8.42 Å². The summed E-state index contributed by atoms with van der Waals surface area (Å²) in [6, 6.07) is 5.16. The number of fused-ring (bicyclic) bond motifs is 1. The number of nitrogens with zero attached hydrogens (tertiary/aromatic N) is 2. The van der Waals surface area contributed by atoms with E-state index < -0.39 is 10.0 Å². The average molecular weight is 279 g/mol. The zero-order chi connectivity index (χ0) is 13.5. The molecule has 6 heteroatoms. The minimum absolute atomic E-state index is 0.341. The van der Waals surface area contributed by atoms with E-state index >= 15 is 0 Å². The van der Waals surface area contributed by atoms with Gasteiger partial charge in [0.1, 0.15) is 0 Å². The van der Waals surface area contributed by atoms with E-state index in [1.807, 2.05) is 13.0 Å². The van der Waals surface area contributed by atoms with Gasteiger partial charge in [0.05, 0.1) is 10.4 Å². The maximum Gasteiger partial charge on any atom is 0.243 e. The summed E-state index contributed by atoms with van der Waals surface area (Å²) < 4.78 is 26.6. The Morgan fingerprint density at radius 3 is 2.68 bits per heavy atom. The molecule has 1 aliphatic rings. The van der Waals surface area contributed by atoms with Crippen molar-refractivity contribution in [3.8, 4) is 0 Å². The van der Waals surface area contributed by atoms with Crippen molar-refractivity contribution in [3.05, 3.63) is 23.9 Å². The summed E-state index contributed by atoms with van der Waals surface area (Å²) in [6.45, 7) is 3.17. The van der Waals surface area contributed by atoms with E-state index in [1.165, 1.54) is 0 Å². The van der Waals surface area contributed by atoms with E-state index in [4.69, 9.17) is 0 Å². The van der Waals surface area contributed by atoms with Gasteiger partial charge < -0.3 is 0 Å². The Labute approximate surface area is 112 Å². The summed E-state index contributed by atoms with van der Waals surface area (Å²) in [6.07, 6.45) is 3.01. The Hall–Kier alpha value is -1.40. The van der Waals surface area contributed by atoms with Crippen molar-refractivity contribution in [2.45, 2.75) is 31.1 Å². The molecule has 3 rings (SSSR count). The molecule has 19 heavy (non-hydrogen) atoms. The third-order valence-electron chi connectivity index (χ3n) is 3.67. The molecule has 1 saturated heterocycles. The summed E-state index contributed by atoms with van der Waals surface area (Å²) in [4.78, 5) is 0.341. The fraction of sp³-hybridized carbons (Fsp3) is 0.462. The molecule has 0 saturated carbocycles. The van der Waals surface area contributed by atoms with Gasteiger partial charge in [-0.3, -0.25) is 5.10 Å². The van der Waals surface area contributed by atoms with Crippen molar-refractivity contribution >= 4 is 20.9 Å². The predicted octanol–water partition coefficient (Wildman–Crippen LogP) is 2.05. The molecule has 0 spiro atoms. The van der Waals surface area contributed by atoms with Gasteiger partial charge in [-0.15, -0.1) is 0 Å². The van der Waals surface area contributed by atoms with Gasteiger partial charge in [-0.1, -0.05) is 6.42 Å². The van der Waals surface area contributed by atoms with Crippen LogP contribution in [-0.2, 0) is 10.0 Å². The highest BCUT2D eigenvalue weighted by atomic mass is 32.2. The average Bonchev–Trinajstić information content (AvgIpc) is 2.81. The van der Waals surface area contributed by atoms with Crippen molar-refractivity contribution in [2.75, 3.05) is 13.1 Å². The number of aryl methyl sites for hydroxylation is 1. The highest BCUT2D eigenvalue weighted by Crippen LogP contribution is 2.24.